The minimum atomic E-state index is -2.94. The Hall–Kier alpha value is -3.54. The standard InChI is InChI=1S/C19H16F2N4O5S/c20-17(21)30-13-4-2-12(3-5-13)10-14-16(27)25(19(29)31-14)9-7-22-15(26)11-24-8-1-6-23-18(24)28/h1-6,8,10,17H,7,9,11H2,(H,22,26)/b14-10-. The molecule has 1 aromatic heterocycles. The normalized spacial score (nSPS) is 15.1. The van der Waals surface area contributed by atoms with Gasteiger partial charge >= 0.3 is 12.3 Å². The molecular weight excluding hydrogens is 434 g/mol. The summed E-state index contributed by atoms with van der Waals surface area (Å²) >= 11 is 0.736. The maximum absolute atomic E-state index is 12.5. The van der Waals surface area contributed by atoms with Crippen LogP contribution in [0.1, 0.15) is 5.56 Å². The molecule has 1 saturated heterocycles. The number of halogens is 2. The van der Waals surface area contributed by atoms with E-state index in [0.29, 0.717) is 5.56 Å². The number of benzene rings is 1. The van der Waals surface area contributed by atoms with Crippen LogP contribution in [0.15, 0.2) is 52.4 Å². The van der Waals surface area contributed by atoms with Crippen molar-refractivity contribution in [2.45, 2.75) is 13.2 Å². The van der Waals surface area contributed by atoms with E-state index < -0.39 is 29.4 Å². The van der Waals surface area contributed by atoms with Gasteiger partial charge in [-0.15, -0.1) is 0 Å². The zero-order valence-electron chi connectivity index (χ0n) is 15.9. The number of ether oxygens (including phenoxy) is 1. The highest BCUT2D eigenvalue weighted by Crippen LogP contribution is 2.32. The Morgan fingerprint density at radius 1 is 1.23 bits per heavy atom. The fraction of sp³-hybridized carbons (Fsp3) is 0.211. The van der Waals surface area contributed by atoms with Crippen molar-refractivity contribution in [1.29, 1.82) is 0 Å². The lowest BCUT2D eigenvalue weighted by molar-refractivity contribution is -0.124. The van der Waals surface area contributed by atoms with Crippen LogP contribution in [-0.2, 0) is 16.1 Å². The van der Waals surface area contributed by atoms with Crippen molar-refractivity contribution in [3.8, 4) is 5.75 Å². The molecular formula is C19H16F2N4O5S. The number of carbonyl (C=O) groups is 3. The summed E-state index contributed by atoms with van der Waals surface area (Å²) in [5.41, 5.74) is -0.0372. The number of aromatic nitrogens is 2. The van der Waals surface area contributed by atoms with E-state index in [1.54, 1.807) is 0 Å². The lowest BCUT2D eigenvalue weighted by Crippen LogP contribution is -2.39. The number of alkyl halides is 2. The molecule has 1 N–H and O–H groups in total. The second-order valence-electron chi connectivity index (χ2n) is 6.16. The van der Waals surface area contributed by atoms with Crippen LogP contribution in [0.5, 0.6) is 5.75 Å². The third-order valence-corrected chi connectivity index (χ3v) is 4.94. The fourth-order valence-electron chi connectivity index (χ4n) is 2.61. The summed E-state index contributed by atoms with van der Waals surface area (Å²) in [6.45, 7) is -3.21. The Labute approximate surface area is 178 Å². The first-order valence-electron chi connectivity index (χ1n) is 8.92. The highest BCUT2D eigenvalue weighted by atomic mass is 32.2. The molecule has 1 aromatic carbocycles. The maximum Gasteiger partial charge on any atom is 0.387 e. The summed E-state index contributed by atoms with van der Waals surface area (Å²) in [6, 6.07) is 7.12. The van der Waals surface area contributed by atoms with Crippen molar-refractivity contribution in [2.24, 2.45) is 0 Å². The lowest BCUT2D eigenvalue weighted by atomic mass is 10.2. The zero-order valence-corrected chi connectivity index (χ0v) is 16.7. The summed E-state index contributed by atoms with van der Waals surface area (Å²) in [7, 11) is 0. The number of thioether (sulfide) groups is 1. The number of nitrogens with zero attached hydrogens (tertiary/aromatic N) is 3. The van der Waals surface area contributed by atoms with Gasteiger partial charge in [0.15, 0.2) is 0 Å². The van der Waals surface area contributed by atoms with Gasteiger partial charge in [0.2, 0.25) is 5.91 Å². The predicted octanol–water partition coefficient (Wildman–Crippen LogP) is 1.70. The molecule has 1 aliphatic rings. The number of amides is 3. The van der Waals surface area contributed by atoms with Crippen molar-refractivity contribution < 1.29 is 27.9 Å². The van der Waals surface area contributed by atoms with Crippen LogP contribution in [0.2, 0.25) is 0 Å². The fourth-order valence-corrected chi connectivity index (χ4v) is 3.48. The average molecular weight is 450 g/mol. The van der Waals surface area contributed by atoms with E-state index in [-0.39, 0.29) is 30.3 Å². The van der Waals surface area contributed by atoms with Crippen molar-refractivity contribution in [3.05, 3.63) is 63.7 Å². The summed E-state index contributed by atoms with van der Waals surface area (Å²) in [5, 5.41) is 2.04. The first-order chi connectivity index (χ1) is 14.8. The topological polar surface area (TPSA) is 111 Å². The van der Waals surface area contributed by atoms with Crippen molar-refractivity contribution in [3.63, 3.8) is 0 Å². The monoisotopic (exact) mass is 450 g/mol. The van der Waals surface area contributed by atoms with E-state index in [1.807, 2.05) is 0 Å². The van der Waals surface area contributed by atoms with Gasteiger partial charge in [0.1, 0.15) is 12.3 Å². The largest absolute Gasteiger partial charge is 0.435 e. The molecule has 31 heavy (non-hydrogen) atoms. The lowest BCUT2D eigenvalue weighted by Gasteiger charge is -2.13. The summed E-state index contributed by atoms with van der Waals surface area (Å²) in [6.07, 6.45) is 4.20. The number of hydrogen-bond donors (Lipinski definition) is 1. The molecule has 1 aliphatic heterocycles. The third kappa shape index (κ3) is 5.98. The molecule has 0 unspecified atom stereocenters. The molecule has 0 spiro atoms. The first-order valence-corrected chi connectivity index (χ1v) is 9.73. The molecule has 162 valence electrons. The van der Waals surface area contributed by atoms with E-state index >= 15 is 0 Å². The Bertz CT molecular complexity index is 1070. The highest BCUT2D eigenvalue weighted by molar-refractivity contribution is 8.18. The zero-order chi connectivity index (χ0) is 22.4. The summed E-state index contributed by atoms with van der Waals surface area (Å²) in [4.78, 5) is 52.7. The van der Waals surface area contributed by atoms with Gasteiger partial charge in [-0.2, -0.15) is 8.78 Å². The van der Waals surface area contributed by atoms with Gasteiger partial charge in [-0.1, -0.05) is 12.1 Å². The van der Waals surface area contributed by atoms with Crippen molar-refractivity contribution in [1.82, 2.24) is 19.8 Å². The number of rotatable bonds is 8. The number of carbonyl (C=O) groups excluding carboxylic acids is 3. The van der Waals surface area contributed by atoms with Crippen LogP contribution in [0, 0.1) is 0 Å². The second kappa shape index (κ2) is 9.98. The molecule has 3 amide bonds. The molecule has 0 aliphatic carbocycles. The van der Waals surface area contributed by atoms with Crippen molar-refractivity contribution in [2.75, 3.05) is 13.1 Å². The quantitative estimate of drug-likeness (QED) is 0.610. The predicted molar refractivity (Wildman–Crippen MR) is 107 cm³/mol. The molecule has 2 heterocycles. The van der Waals surface area contributed by atoms with Crippen LogP contribution >= 0.6 is 11.8 Å². The molecule has 0 atom stereocenters. The minimum Gasteiger partial charge on any atom is -0.435 e. The van der Waals surface area contributed by atoms with E-state index in [0.717, 1.165) is 21.2 Å². The van der Waals surface area contributed by atoms with Crippen molar-refractivity contribution >= 4 is 34.9 Å². The van der Waals surface area contributed by atoms with E-state index in [1.165, 1.54) is 48.8 Å². The van der Waals surface area contributed by atoms with Crippen LogP contribution in [-0.4, -0.2) is 51.2 Å². The smallest absolute Gasteiger partial charge is 0.387 e. The summed E-state index contributed by atoms with van der Waals surface area (Å²) in [5.74, 6) is -1.02. The first kappa shape index (κ1) is 22.2. The van der Waals surface area contributed by atoms with Crippen LogP contribution in [0.4, 0.5) is 13.6 Å². The molecule has 1 fully saturated rings. The second-order valence-corrected chi connectivity index (χ2v) is 7.15. The average Bonchev–Trinajstić information content (AvgIpc) is 2.98. The Balaban J connectivity index is 1.54. The molecule has 0 radical (unpaired) electrons. The molecule has 0 bridgehead atoms. The van der Waals surface area contributed by atoms with Gasteiger partial charge in [-0.3, -0.25) is 23.9 Å². The van der Waals surface area contributed by atoms with E-state index in [9.17, 15) is 28.0 Å². The van der Waals surface area contributed by atoms with E-state index in [2.05, 4.69) is 15.0 Å². The van der Waals surface area contributed by atoms with Gasteiger partial charge in [0, 0.05) is 25.5 Å². The van der Waals surface area contributed by atoms with Crippen LogP contribution in [0.3, 0.4) is 0 Å². The molecule has 0 saturated carbocycles. The molecule has 2 aromatic rings. The van der Waals surface area contributed by atoms with Gasteiger partial charge in [0.05, 0.1) is 4.91 Å². The van der Waals surface area contributed by atoms with Crippen LogP contribution in [0.25, 0.3) is 6.08 Å². The molecule has 3 rings (SSSR count). The highest BCUT2D eigenvalue weighted by Gasteiger charge is 2.34. The number of nitrogens with one attached hydrogen (secondary N) is 1. The van der Waals surface area contributed by atoms with Gasteiger partial charge in [-0.25, -0.2) is 9.78 Å². The van der Waals surface area contributed by atoms with Crippen LogP contribution < -0.4 is 15.7 Å². The maximum atomic E-state index is 12.5. The van der Waals surface area contributed by atoms with Gasteiger partial charge in [0.25, 0.3) is 11.1 Å². The Morgan fingerprint density at radius 3 is 2.65 bits per heavy atom. The Morgan fingerprint density at radius 2 is 1.97 bits per heavy atom. The molecule has 9 nitrogen and oxygen atoms in total. The summed E-state index contributed by atoms with van der Waals surface area (Å²) < 4.78 is 29.8. The van der Waals surface area contributed by atoms with E-state index in [4.69, 9.17) is 0 Å². The third-order valence-electron chi connectivity index (χ3n) is 4.03. The molecule has 12 heteroatoms. The Kier molecular flexibility index (Phi) is 7.13. The van der Waals surface area contributed by atoms with Gasteiger partial charge in [-0.05, 0) is 41.6 Å². The minimum absolute atomic E-state index is 0.0127. The number of hydrogen-bond acceptors (Lipinski definition) is 7. The number of imide groups is 1. The van der Waals surface area contributed by atoms with Gasteiger partial charge < -0.3 is 10.1 Å². The SMILES string of the molecule is O=C(Cn1cccnc1=O)NCCN1C(=O)S/C(=C\c2ccc(OC(F)F)cc2)C1=O.